The minimum absolute atomic E-state index is 0.141. The lowest BCUT2D eigenvalue weighted by Crippen LogP contribution is -2.25. The Morgan fingerprint density at radius 1 is 1.28 bits per heavy atom. The van der Waals surface area contributed by atoms with Gasteiger partial charge in [-0.1, -0.05) is 12.1 Å². The van der Waals surface area contributed by atoms with Crippen molar-refractivity contribution in [3.8, 4) is 5.75 Å². The van der Waals surface area contributed by atoms with E-state index in [1.54, 1.807) is 18.4 Å². The molecular weight excluding hydrogens is 310 g/mol. The fraction of sp³-hybridized carbons (Fsp3) is 0.286. The zero-order chi connectivity index (χ0) is 13.0. The van der Waals surface area contributed by atoms with Crippen LogP contribution in [0.1, 0.15) is 10.4 Å². The zero-order valence-corrected chi connectivity index (χ0v) is 12.6. The highest BCUT2D eigenvalue weighted by molar-refractivity contribution is 9.11. The summed E-state index contributed by atoms with van der Waals surface area (Å²) < 4.78 is 6.37. The third-order valence-electron chi connectivity index (χ3n) is 2.72. The van der Waals surface area contributed by atoms with Gasteiger partial charge < -0.3 is 10.5 Å². The Bertz CT molecular complexity index is 512. The second kappa shape index (κ2) is 6.36. The molecule has 0 radical (unpaired) electrons. The molecule has 0 amide bonds. The van der Waals surface area contributed by atoms with Gasteiger partial charge in [0.05, 0.1) is 10.9 Å². The van der Waals surface area contributed by atoms with Crippen LogP contribution >= 0.6 is 27.3 Å². The summed E-state index contributed by atoms with van der Waals surface area (Å²) in [5, 5.41) is 0. The van der Waals surface area contributed by atoms with E-state index in [1.165, 1.54) is 10.4 Å². The second-order valence-corrected chi connectivity index (χ2v) is 6.77. The number of ether oxygens (including phenoxy) is 1. The Balaban J connectivity index is 1.96. The molecule has 1 atom stereocenters. The van der Waals surface area contributed by atoms with Crippen LogP contribution in [0.4, 0.5) is 0 Å². The Labute approximate surface area is 120 Å². The van der Waals surface area contributed by atoms with Crippen LogP contribution in [0.25, 0.3) is 0 Å². The van der Waals surface area contributed by atoms with E-state index in [-0.39, 0.29) is 6.04 Å². The zero-order valence-electron chi connectivity index (χ0n) is 10.2. The number of methoxy groups -OCH3 is 1. The summed E-state index contributed by atoms with van der Waals surface area (Å²) in [6.45, 7) is 0. The quantitative estimate of drug-likeness (QED) is 0.911. The minimum atomic E-state index is 0.141. The molecule has 2 N–H and O–H groups in total. The second-order valence-electron chi connectivity index (χ2n) is 4.23. The molecule has 96 valence electrons. The molecule has 0 aliphatic carbocycles. The Morgan fingerprint density at radius 2 is 2.11 bits per heavy atom. The van der Waals surface area contributed by atoms with E-state index in [0.29, 0.717) is 0 Å². The van der Waals surface area contributed by atoms with Gasteiger partial charge in [0.25, 0.3) is 0 Å². The molecule has 18 heavy (non-hydrogen) atoms. The third-order valence-corrected chi connectivity index (χ3v) is 4.37. The van der Waals surface area contributed by atoms with Gasteiger partial charge in [-0.15, -0.1) is 11.3 Å². The van der Waals surface area contributed by atoms with Crippen molar-refractivity contribution in [1.29, 1.82) is 0 Å². The van der Waals surface area contributed by atoms with Gasteiger partial charge in [-0.25, -0.2) is 0 Å². The standard InChI is InChI=1S/C14H16BrNOS/c1-17-12-4-2-3-10(8-12)7-11(16)9-13-5-6-14(15)18-13/h2-6,8,11H,7,9,16H2,1H3. The molecule has 0 spiro atoms. The third kappa shape index (κ3) is 3.83. The first-order valence-corrected chi connectivity index (χ1v) is 7.41. The maximum absolute atomic E-state index is 6.19. The van der Waals surface area contributed by atoms with Gasteiger partial charge in [-0.05, 0) is 58.6 Å². The summed E-state index contributed by atoms with van der Waals surface area (Å²) in [6.07, 6.45) is 1.78. The maximum atomic E-state index is 6.19. The largest absolute Gasteiger partial charge is 0.497 e. The molecule has 0 saturated heterocycles. The number of thiophene rings is 1. The number of halogens is 1. The van der Waals surface area contributed by atoms with Crippen molar-refractivity contribution in [3.63, 3.8) is 0 Å². The van der Waals surface area contributed by atoms with Gasteiger partial charge in [0.2, 0.25) is 0 Å². The Hall–Kier alpha value is -0.840. The summed E-state index contributed by atoms with van der Waals surface area (Å²) in [5.74, 6) is 0.888. The number of nitrogens with two attached hydrogens (primary N) is 1. The van der Waals surface area contributed by atoms with E-state index >= 15 is 0 Å². The van der Waals surface area contributed by atoms with Gasteiger partial charge in [-0.3, -0.25) is 0 Å². The number of rotatable bonds is 5. The van der Waals surface area contributed by atoms with E-state index in [2.05, 4.69) is 34.1 Å². The topological polar surface area (TPSA) is 35.2 Å². The van der Waals surface area contributed by atoms with Crippen molar-refractivity contribution in [2.45, 2.75) is 18.9 Å². The van der Waals surface area contributed by atoms with Gasteiger partial charge >= 0.3 is 0 Å². The molecule has 0 aliphatic rings. The average molecular weight is 326 g/mol. The average Bonchev–Trinajstić information content (AvgIpc) is 2.74. The summed E-state index contributed by atoms with van der Waals surface area (Å²) in [6, 6.07) is 12.4. The van der Waals surface area contributed by atoms with Crippen LogP contribution in [-0.2, 0) is 12.8 Å². The highest BCUT2D eigenvalue weighted by Crippen LogP contribution is 2.23. The molecule has 0 saturated carbocycles. The summed E-state index contributed by atoms with van der Waals surface area (Å²) in [5.41, 5.74) is 7.41. The fourth-order valence-electron chi connectivity index (χ4n) is 1.89. The van der Waals surface area contributed by atoms with Crippen LogP contribution in [0.5, 0.6) is 5.75 Å². The highest BCUT2D eigenvalue weighted by atomic mass is 79.9. The lowest BCUT2D eigenvalue weighted by molar-refractivity contribution is 0.414. The molecule has 1 aromatic carbocycles. The summed E-state index contributed by atoms with van der Waals surface area (Å²) >= 11 is 5.22. The fourth-order valence-corrected chi connectivity index (χ4v) is 3.47. The molecule has 0 aliphatic heterocycles. The van der Waals surface area contributed by atoms with Crippen LogP contribution < -0.4 is 10.5 Å². The first-order chi connectivity index (χ1) is 8.67. The first kappa shape index (κ1) is 13.6. The van der Waals surface area contributed by atoms with Crippen molar-refractivity contribution in [2.24, 2.45) is 5.73 Å². The molecule has 2 rings (SSSR count). The van der Waals surface area contributed by atoms with Gasteiger partial charge in [0.15, 0.2) is 0 Å². The van der Waals surface area contributed by atoms with Crippen molar-refractivity contribution in [2.75, 3.05) is 7.11 Å². The Kier molecular flexibility index (Phi) is 4.80. The molecule has 0 bridgehead atoms. The van der Waals surface area contributed by atoms with Gasteiger partial charge in [0.1, 0.15) is 5.75 Å². The maximum Gasteiger partial charge on any atom is 0.119 e. The number of hydrogen-bond donors (Lipinski definition) is 1. The molecule has 1 unspecified atom stereocenters. The van der Waals surface area contributed by atoms with Crippen molar-refractivity contribution >= 4 is 27.3 Å². The molecule has 4 heteroatoms. The number of hydrogen-bond acceptors (Lipinski definition) is 3. The smallest absolute Gasteiger partial charge is 0.119 e. The van der Waals surface area contributed by atoms with E-state index in [4.69, 9.17) is 10.5 Å². The van der Waals surface area contributed by atoms with E-state index in [0.717, 1.165) is 22.4 Å². The summed E-state index contributed by atoms with van der Waals surface area (Å²) in [7, 11) is 1.68. The van der Waals surface area contributed by atoms with Crippen molar-refractivity contribution in [1.82, 2.24) is 0 Å². The molecule has 0 fully saturated rings. The lowest BCUT2D eigenvalue weighted by atomic mass is 10.0. The molecule has 2 aromatic rings. The van der Waals surface area contributed by atoms with Gasteiger partial charge in [0, 0.05) is 10.9 Å². The minimum Gasteiger partial charge on any atom is -0.497 e. The molecule has 1 aromatic heterocycles. The number of benzene rings is 1. The van der Waals surface area contributed by atoms with E-state index in [1.807, 2.05) is 18.2 Å². The van der Waals surface area contributed by atoms with Crippen LogP contribution in [0, 0.1) is 0 Å². The van der Waals surface area contributed by atoms with Crippen LogP contribution in [-0.4, -0.2) is 13.2 Å². The predicted molar refractivity (Wildman–Crippen MR) is 80.4 cm³/mol. The summed E-state index contributed by atoms with van der Waals surface area (Å²) in [4.78, 5) is 1.32. The van der Waals surface area contributed by atoms with Gasteiger partial charge in [-0.2, -0.15) is 0 Å². The molecule has 1 heterocycles. The molecular formula is C14H16BrNOS. The van der Waals surface area contributed by atoms with E-state index < -0.39 is 0 Å². The SMILES string of the molecule is COc1cccc(CC(N)Cc2ccc(Br)s2)c1. The monoisotopic (exact) mass is 325 g/mol. The first-order valence-electron chi connectivity index (χ1n) is 5.80. The Morgan fingerprint density at radius 3 is 2.78 bits per heavy atom. The van der Waals surface area contributed by atoms with Crippen LogP contribution in [0.15, 0.2) is 40.2 Å². The van der Waals surface area contributed by atoms with Crippen LogP contribution in [0.2, 0.25) is 0 Å². The van der Waals surface area contributed by atoms with Crippen LogP contribution in [0.3, 0.4) is 0 Å². The van der Waals surface area contributed by atoms with Crippen molar-refractivity contribution in [3.05, 3.63) is 50.6 Å². The van der Waals surface area contributed by atoms with Crippen molar-refractivity contribution < 1.29 is 4.74 Å². The normalized spacial score (nSPS) is 12.4. The van der Waals surface area contributed by atoms with E-state index in [9.17, 15) is 0 Å². The predicted octanol–water partition coefficient (Wildman–Crippen LogP) is 3.63. The highest BCUT2D eigenvalue weighted by Gasteiger charge is 2.08. The lowest BCUT2D eigenvalue weighted by Gasteiger charge is -2.11. The molecule has 2 nitrogen and oxygen atoms in total.